The van der Waals surface area contributed by atoms with Crippen LogP contribution in [0.2, 0.25) is 0 Å². The molecule has 0 saturated carbocycles. The van der Waals surface area contributed by atoms with Crippen molar-refractivity contribution in [3.8, 4) is 0 Å². The molecule has 1 unspecified atom stereocenters. The van der Waals surface area contributed by atoms with E-state index in [0.29, 0.717) is 10.6 Å². The van der Waals surface area contributed by atoms with E-state index in [1.54, 1.807) is 23.3 Å². The summed E-state index contributed by atoms with van der Waals surface area (Å²) in [5.74, 6) is -0.114. The van der Waals surface area contributed by atoms with Crippen LogP contribution in [0, 0.1) is 20.8 Å². The summed E-state index contributed by atoms with van der Waals surface area (Å²) in [5.41, 5.74) is 8.63. The predicted octanol–water partition coefficient (Wildman–Crippen LogP) is 3.77. The van der Waals surface area contributed by atoms with Crippen molar-refractivity contribution in [2.45, 2.75) is 37.4 Å². The highest BCUT2D eigenvalue weighted by molar-refractivity contribution is 7.98. The molecule has 4 heterocycles. The van der Waals surface area contributed by atoms with Crippen LogP contribution in [0.15, 0.2) is 16.3 Å². The third-order valence-corrected chi connectivity index (χ3v) is 8.03. The molecule has 0 radical (unpaired) electrons. The normalized spacial score (nSPS) is 17.7. The molecule has 3 aromatic heterocycles. The number of aromatic nitrogens is 2. The fourth-order valence-corrected chi connectivity index (χ4v) is 6.46. The molecule has 0 spiro atoms. The van der Waals surface area contributed by atoms with E-state index in [0.717, 1.165) is 41.0 Å². The van der Waals surface area contributed by atoms with Crippen LogP contribution in [-0.2, 0) is 0 Å². The van der Waals surface area contributed by atoms with E-state index in [9.17, 15) is 4.79 Å². The zero-order valence-electron chi connectivity index (χ0n) is 15.4. The first-order valence-corrected chi connectivity index (χ1v) is 11.1. The van der Waals surface area contributed by atoms with Gasteiger partial charge in [-0.2, -0.15) is 5.10 Å². The molecule has 27 heavy (non-hydrogen) atoms. The van der Waals surface area contributed by atoms with Crippen molar-refractivity contribution in [2.75, 3.05) is 18.8 Å². The number of amides is 1. The number of hydrogen-bond donors (Lipinski definition) is 2. The van der Waals surface area contributed by atoms with Crippen LogP contribution in [0.3, 0.4) is 0 Å². The van der Waals surface area contributed by atoms with Gasteiger partial charge in [0.2, 0.25) is 0 Å². The van der Waals surface area contributed by atoms with Crippen molar-refractivity contribution in [1.82, 2.24) is 19.8 Å². The number of nitrogens with zero attached hydrogens (tertiary/aromatic N) is 3. The Morgan fingerprint density at radius 3 is 2.85 bits per heavy atom. The zero-order chi connectivity index (χ0) is 19.1. The van der Waals surface area contributed by atoms with Crippen LogP contribution in [-0.4, -0.2) is 39.5 Å². The molecule has 1 aliphatic heterocycles. The lowest BCUT2D eigenvalue weighted by Crippen LogP contribution is -2.36. The monoisotopic (exact) mass is 419 g/mol. The van der Waals surface area contributed by atoms with E-state index < -0.39 is 0 Å². The number of fused-ring (bicyclic) bond motifs is 1. The van der Waals surface area contributed by atoms with Gasteiger partial charge < -0.3 is 11.1 Å². The Morgan fingerprint density at radius 2 is 2.11 bits per heavy atom. The first-order chi connectivity index (χ1) is 12.9. The molecule has 0 bridgehead atoms. The van der Waals surface area contributed by atoms with Crippen molar-refractivity contribution in [3.05, 3.63) is 33.1 Å². The van der Waals surface area contributed by atoms with Crippen LogP contribution in [0.5, 0.6) is 0 Å². The van der Waals surface area contributed by atoms with Crippen molar-refractivity contribution in [2.24, 2.45) is 0 Å². The standard InChI is InChI=1S/C18H21N5OS3/c1-9-4-5-13(25-9)27-23-7-6-12(8-23)20-17(24)16-15(19)14-10(2)11(3)21-22-18(14)26-16/h4-5,12H,6-8,19H2,1-3H3,(H,20,24). The predicted molar refractivity (Wildman–Crippen MR) is 114 cm³/mol. The van der Waals surface area contributed by atoms with E-state index in [1.165, 1.54) is 20.4 Å². The van der Waals surface area contributed by atoms with Gasteiger partial charge in [-0.05, 0) is 56.8 Å². The molecule has 142 valence electrons. The lowest BCUT2D eigenvalue weighted by atomic mass is 10.1. The maximum atomic E-state index is 12.8. The molecule has 1 aliphatic rings. The number of carbonyl (C=O) groups is 1. The Kier molecular flexibility index (Phi) is 5.11. The second-order valence-electron chi connectivity index (χ2n) is 6.74. The second-order valence-corrected chi connectivity index (χ2v) is 10.4. The van der Waals surface area contributed by atoms with Gasteiger partial charge in [0.1, 0.15) is 9.71 Å². The van der Waals surface area contributed by atoms with Gasteiger partial charge in [0.25, 0.3) is 5.91 Å². The SMILES string of the molecule is Cc1ccc(SN2CCC(NC(=O)c3sc4nnc(C)c(C)c4c3N)C2)s1. The lowest BCUT2D eigenvalue weighted by Gasteiger charge is -2.14. The molecule has 9 heteroatoms. The quantitative estimate of drug-likeness (QED) is 0.626. The molecule has 1 atom stereocenters. The summed E-state index contributed by atoms with van der Waals surface area (Å²) in [7, 11) is 0. The van der Waals surface area contributed by atoms with Crippen LogP contribution in [0.4, 0.5) is 5.69 Å². The van der Waals surface area contributed by atoms with Gasteiger partial charge in [-0.25, -0.2) is 4.31 Å². The number of nitrogens with two attached hydrogens (primary N) is 1. The maximum Gasteiger partial charge on any atom is 0.263 e. The Balaban J connectivity index is 1.44. The number of anilines is 1. The van der Waals surface area contributed by atoms with Gasteiger partial charge in [0.05, 0.1) is 15.6 Å². The van der Waals surface area contributed by atoms with E-state index in [1.807, 2.05) is 13.8 Å². The Labute approximate surface area is 170 Å². The van der Waals surface area contributed by atoms with Gasteiger partial charge in [-0.3, -0.25) is 4.79 Å². The molecule has 0 aliphatic carbocycles. The fourth-order valence-electron chi connectivity index (χ4n) is 3.18. The van der Waals surface area contributed by atoms with Crippen LogP contribution >= 0.6 is 34.6 Å². The zero-order valence-corrected chi connectivity index (χ0v) is 17.9. The molecule has 1 amide bonds. The van der Waals surface area contributed by atoms with E-state index in [-0.39, 0.29) is 11.9 Å². The van der Waals surface area contributed by atoms with Gasteiger partial charge in [0, 0.05) is 29.4 Å². The Morgan fingerprint density at radius 1 is 1.30 bits per heavy atom. The van der Waals surface area contributed by atoms with Crippen molar-refractivity contribution in [3.63, 3.8) is 0 Å². The average Bonchev–Trinajstić information content (AvgIpc) is 3.32. The highest BCUT2D eigenvalue weighted by atomic mass is 32.2. The molecule has 1 fully saturated rings. The van der Waals surface area contributed by atoms with Gasteiger partial charge in [-0.15, -0.1) is 27.8 Å². The van der Waals surface area contributed by atoms with Crippen molar-refractivity contribution >= 4 is 56.4 Å². The smallest absolute Gasteiger partial charge is 0.263 e. The number of hydrogen-bond acceptors (Lipinski definition) is 8. The number of rotatable bonds is 4. The maximum absolute atomic E-state index is 12.8. The summed E-state index contributed by atoms with van der Waals surface area (Å²) in [5, 5.41) is 12.3. The highest BCUT2D eigenvalue weighted by Crippen LogP contribution is 2.35. The molecular weight excluding hydrogens is 398 g/mol. The molecular formula is C18H21N5OS3. The first kappa shape index (κ1) is 18.7. The molecule has 4 rings (SSSR count). The molecule has 1 saturated heterocycles. The van der Waals surface area contributed by atoms with Gasteiger partial charge in [0.15, 0.2) is 0 Å². The minimum absolute atomic E-state index is 0.114. The molecule has 3 aromatic rings. The largest absolute Gasteiger partial charge is 0.397 e. The lowest BCUT2D eigenvalue weighted by molar-refractivity contribution is 0.0944. The summed E-state index contributed by atoms with van der Waals surface area (Å²) in [6.45, 7) is 7.77. The summed E-state index contributed by atoms with van der Waals surface area (Å²) >= 11 is 4.89. The second kappa shape index (κ2) is 7.38. The third kappa shape index (κ3) is 3.69. The summed E-state index contributed by atoms with van der Waals surface area (Å²) < 4.78 is 3.60. The van der Waals surface area contributed by atoms with Gasteiger partial charge >= 0.3 is 0 Å². The molecule has 0 aromatic carbocycles. The van der Waals surface area contributed by atoms with Crippen molar-refractivity contribution in [1.29, 1.82) is 0 Å². The topological polar surface area (TPSA) is 84.1 Å². The summed E-state index contributed by atoms with van der Waals surface area (Å²) in [4.78, 5) is 15.4. The highest BCUT2D eigenvalue weighted by Gasteiger charge is 2.27. The first-order valence-electron chi connectivity index (χ1n) is 8.74. The fraction of sp³-hybridized carbons (Fsp3) is 0.389. The molecule has 3 N–H and O–H groups in total. The number of nitrogen functional groups attached to an aromatic ring is 1. The Hall–Kier alpha value is -1.68. The van der Waals surface area contributed by atoms with Crippen molar-refractivity contribution < 1.29 is 4.79 Å². The summed E-state index contributed by atoms with van der Waals surface area (Å²) in [6.07, 6.45) is 0.936. The summed E-state index contributed by atoms with van der Waals surface area (Å²) in [6, 6.07) is 4.42. The van der Waals surface area contributed by atoms with Crippen LogP contribution in [0.25, 0.3) is 10.2 Å². The molecule has 6 nitrogen and oxygen atoms in total. The number of thiophene rings is 2. The van der Waals surface area contributed by atoms with Crippen LogP contribution < -0.4 is 11.1 Å². The van der Waals surface area contributed by atoms with E-state index >= 15 is 0 Å². The van der Waals surface area contributed by atoms with Crippen LogP contribution in [0.1, 0.15) is 32.2 Å². The minimum atomic E-state index is -0.114. The minimum Gasteiger partial charge on any atom is -0.397 e. The number of carbonyl (C=O) groups excluding carboxylic acids is 1. The third-order valence-electron chi connectivity index (χ3n) is 4.76. The number of nitrogens with one attached hydrogen (secondary N) is 1. The average molecular weight is 420 g/mol. The van der Waals surface area contributed by atoms with E-state index in [4.69, 9.17) is 5.73 Å². The number of aryl methyl sites for hydroxylation is 3. The van der Waals surface area contributed by atoms with E-state index in [2.05, 4.69) is 38.9 Å². The van der Waals surface area contributed by atoms with Gasteiger partial charge in [-0.1, -0.05) is 0 Å². The Bertz CT molecular complexity index is 1010.